The number of aliphatic carboxylic acids is 1. The van der Waals surface area contributed by atoms with Gasteiger partial charge in [-0.15, -0.1) is 0 Å². The van der Waals surface area contributed by atoms with E-state index in [4.69, 9.17) is 14.9 Å². The standard InChI is InChI=1S/C17H21NO.C8H8O3/c1-14(18-13-16-6-4-3-5-7-16)12-15-8-10-17(19-2)11-9-15;9-7(8(10)11)6-4-2-1-3-5-6/h3-11,14,18H,12-13H2,1-2H3;1-5,7,9H,(H,10,11)/t;7-/m.0/s1. The topological polar surface area (TPSA) is 78.8 Å². The fourth-order valence-electron chi connectivity index (χ4n) is 2.85. The molecule has 1 unspecified atom stereocenters. The highest BCUT2D eigenvalue weighted by molar-refractivity contribution is 5.73. The molecule has 30 heavy (non-hydrogen) atoms. The van der Waals surface area contributed by atoms with Crippen LogP contribution in [0.25, 0.3) is 0 Å². The summed E-state index contributed by atoms with van der Waals surface area (Å²) in [6, 6.07) is 27.5. The third kappa shape index (κ3) is 8.07. The number of benzene rings is 3. The van der Waals surface area contributed by atoms with Crippen LogP contribution in [0.15, 0.2) is 84.9 Å². The van der Waals surface area contributed by atoms with E-state index in [1.807, 2.05) is 18.2 Å². The van der Waals surface area contributed by atoms with E-state index < -0.39 is 12.1 Å². The molecular weight excluding hydrogens is 378 g/mol. The lowest BCUT2D eigenvalue weighted by Gasteiger charge is -2.14. The van der Waals surface area contributed by atoms with Gasteiger partial charge in [0.05, 0.1) is 7.11 Å². The molecule has 0 fully saturated rings. The van der Waals surface area contributed by atoms with Crippen molar-refractivity contribution >= 4 is 5.97 Å². The van der Waals surface area contributed by atoms with Crippen LogP contribution in [0.4, 0.5) is 0 Å². The third-order valence-corrected chi connectivity index (χ3v) is 4.55. The van der Waals surface area contributed by atoms with Crippen LogP contribution in [0, 0.1) is 0 Å². The number of aliphatic hydroxyl groups is 1. The van der Waals surface area contributed by atoms with Crippen LogP contribution in [0.1, 0.15) is 29.7 Å². The minimum Gasteiger partial charge on any atom is -0.497 e. The van der Waals surface area contributed by atoms with Gasteiger partial charge in [-0.2, -0.15) is 0 Å². The molecule has 0 bridgehead atoms. The Labute approximate surface area is 178 Å². The minimum atomic E-state index is -1.41. The number of carboxylic acids is 1. The van der Waals surface area contributed by atoms with E-state index in [2.05, 4.69) is 48.6 Å². The summed E-state index contributed by atoms with van der Waals surface area (Å²) < 4.78 is 5.16. The molecule has 3 rings (SSSR count). The van der Waals surface area contributed by atoms with E-state index in [0.717, 1.165) is 18.7 Å². The summed E-state index contributed by atoms with van der Waals surface area (Å²) in [6.07, 6.45) is -0.382. The molecule has 158 valence electrons. The van der Waals surface area contributed by atoms with Crippen LogP contribution in [-0.2, 0) is 17.8 Å². The van der Waals surface area contributed by atoms with E-state index >= 15 is 0 Å². The molecule has 0 aliphatic carbocycles. The highest BCUT2D eigenvalue weighted by Gasteiger charge is 2.14. The Kier molecular flexibility index (Phi) is 9.58. The molecule has 3 aromatic rings. The lowest BCUT2D eigenvalue weighted by Crippen LogP contribution is -2.27. The summed E-state index contributed by atoms with van der Waals surface area (Å²) in [6.45, 7) is 3.13. The van der Waals surface area contributed by atoms with Crippen molar-refractivity contribution in [2.24, 2.45) is 0 Å². The zero-order chi connectivity index (χ0) is 21.8. The summed E-state index contributed by atoms with van der Waals surface area (Å²) in [5, 5.41) is 20.9. The van der Waals surface area contributed by atoms with Gasteiger partial charge in [-0.05, 0) is 42.2 Å². The van der Waals surface area contributed by atoms with Crippen LogP contribution in [0.2, 0.25) is 0 Å². The molecule has 0 radical (unpaired) electrons. The zero-order valence-electron chi connectivity index (χ0n) is 17.4. The number of carbonyl (C=O) groups is 1. The van der Waals surface area contributed by atoms with Crippen molar-refractivity contribution < 1.29 is 19.7 Å². The molecule has 0 aliphatic rings. The van der Waals surface area contributed by atoms with Gasteiger partial charge in [0.2, 0.25) is 0 Å². The molecule has 0 saturated carbocycles. The van der Waals surface area contributed by atoms with Gasteiger partial charge in [0, 0.05) is 12.6 Å². The molecule has 0 aliphatic heterocycles. The van der Waals surface area contributed by atoms with Gasteiger partial charge < -0.3 is 20.3 Å². The van der Waals surface area contributed by atoms with Crippen LogP contribution < -0.4 is 10.1 Å². The number of rotatable bonds is 8. The Morgan fingerprint density at radius 1 is 0.900 bits per heavy atom. The van der Waals surface area contributed by atoms with Crippen molar-refractivity contribution in [1.82, 2.24) is 5.32 Å². The SMILES string of the molecule is COc1ccc(CC(C)NCc2ccccc2)cc1.O=C(O)[C@@H](O)c1ccccc1. The second-order valence-electron chi connectivity index (χ2n) is 6.97. The minimum absolute atomic E-state index is 0.403. The normalized spacial score (nSPS) is 12.2. The first-order valence-electron chi connectivity index (χ1n) is 9.85. The molecule has 2 atom stereocenters. The summed E-state index contributed by atoms with van der Waals surface area (Å²) in [7, 11) is 1.69. The number of carboxylic acid groups (broad SMARTS) is 1. The third-order valence-electron chi connectivity index (χ3n) is 4.55. The Bertz CT molecular complexity index is 867. The smallest absolute Gasteiger partial charge is 0.337 e. The lowest BCUT2D eigenvalue weighted by molar-refractivity contribution is -0.146. The molecule has 0 amide bonds. The van der Waals surface area contributed by atoms with Gasteiger partial charge >= 0.3 is 5.97 Å². The van der Waals surface area contributed by atoms with Crippen molar-refractivity contribution in [2.45, 2.75) is 32.0 Å². The van der Waals surface area contributed by atoms with Gasteiger partial charge in [-0.25, -0.2) is 4.79 Å². The fraction of sp³-hybridized carbons (Fsp3) is 0.240. The summed E-state index contributed by atoms with van der Waals surface area (Å²) in [5.41, 5.74) is 3.05. The molecule has 5 heteroatoms. The van der Waals surface area contributed by atoms with Crippen LogP contribution in [0.5, 0.6) is 5.75 Å². The summed E-state index contributed by atoms with van der Waals surface area (Å²) in [5.74, 6) is -0.315. The molecule has 5 nitrogen and oxygen atoms in total. The highest BCUT2D eigenvalue weighted by atomic mass is 16.5. The van der Waals surface area contributed by atoms with Crippen molar-refractivity contribution in [2.75, 3.05) is 7.11 Å². The van der Waals surface area contributed by atoms with Crippen molar-refractivity contribution in [1.29, 1.82) is 0 Å². The fourth-order valence-corrected chi connectivity index (χ4v) is 2.85. The molecule has 0 heterocycles. The monoisotopic (exact) mass is 407 g/mol. The maximum absolute atomic E-state index is 10.2. The van der Waals surface area contributed by atoms with Gasteiger partial charge in [-0.1, -0.05) is 72.8 Å². The van der Waals surface area contributed by atoms with Gasteiger partial charge in [0.25, 0.3) is 0 Å². The first-order valence-corrected chi connectivity index (χ1v) is 9.85. The molecule has 3 N–H and O–H groups in total. The number of hydrogen-bond acceptors (Lipinski definition) is 4. The first-order chi connectivity index (χ1) is 14.5. The Morgan fingerprint density at radius 3 is 2.00 bits per heavy atom. The molecule has 0 aromatic heterocycles. The Hall–Kier alpha value is -3.15. The predicted octanol–water partition coefficient (Wildman–Crippen LogP) is 4.22. The quantitative estimate of drug-likeness (QED) is 0.521. The largest absolute Gasteiger partial charge is 0.497 e. The second kappa shape index (κ2) is 12.4. The van der Waals surface area contributed by atoms with Crippen LogP contribution in [-0.4, -0.2) is 29.3 Å². The average molecular weight is 408 g/mol. The highest BCUT2D eigenvalue weighted by Crippen LogP contribution is 2.13. The molecule has 0 saturated heterocycles. The van der Waals surface area contributed by atoms with E-state index in [0.29, 0.717) is 11.6 Å². The maximum atomic E-state index is 10.2. The zero-order valence-corrected chi connectivity index (χ0v) is 17.4. The summed E-state index contributed by atoms with van der Waals surface area (Å²) in [4.78, 5) is 10.2. The van der Waals surface area contributed by atoms with Gasteiger partial charge in [0.1, 0.15) is 5.75 Å². The van der Waals surface area contributed by atoms with Gasteiger partial charge in [-0.3, -0.25) is 0 Å². The van der Waals surface area contributed by atoms with Crippen molar-refractivity contribution in [3.63, 3.8) is 0 Å². The second-order valence-corrected chi connectivity index (χ2v) is 6.97. The van der Waals surface area contributed by atoms with Gasteiger partial charge in [0.15, 0.2) is 6.10 Å². The van der Waals surface area contributed by atoms with E-state index in [9.17, 15) is 4.79 Å². The average Bonchev–Trinajstić information content (AvgIpc) is 2.79. The van der Waals surface area contributed by atoms with Crippen molar-refractivity contribution in [3.8, 4) is 5.75 Å². The number of ether oxygens (including phenoxy) is 1. The Morgan fingerprint density at radius 2 is 1.47 bits per heavy atom. The number of hydrogen-bond donors (Lipinski definition) is 3. The summed E-state index contributed by atoms with van der Waals surface area (Å²) >= 11 is 0. The molecule has 3 aromatic carbocycles. The number of methoxy groups -OCH3 is 1. The number of nitrogens with one attached hydrogen (secondary N) is 1. The predicted molar refractivity (Wildman–Crippen MR) is 118 cm³/mol. The van der Waals surface area contributed by atoms with E-state index in [1.165, 1.54) is 11.1 Å². The van der Waals surface area contributed by atoms with Crippen LogP contribution in [0.3, 0.4) is 0 Å². The molecular formula is C25H29NO4. The van der Waals surface area contributed by atoms with Crippen molar-refractivity contribution in [3.05, 3.63) is 102 Å². The Balaban J connectivity index is 0.000000248. The lowest BCUT2D eigenvalue weighted by atomic mass is 10.1. The first kappa shape index (κ1) is 23.1. The number of aliphatic hydroxyl groups excluding tert-OH is 1. The van der Waals surface area contributed by atoms with Crippen LogP contribution >= 0.6 is 0 Å². The maximum Gasteiger partial charge on any atom is 0.337 e. The van der Waals surface area contributed by atoms with E-state index in [-0.39, 0.29) is 0 Å². The molecule has 0 spiro atoms. The van der Waals surface area contributed by atoms with E-state index in [1.54, 1.807) is 37.4 Å².